The van der Waals surface area contributed by atoms with Crippen molar-refractivity contribution in [3.63, 3.8) is 0 Å². The van der Waals surface area contributed by atoms with E-state index in [0.717, 1.165) is 36.1 Å². The number of carbonyl (C=O) groups is 1. The zero-order chi connectivity index (χ0) is 18.9. The molecule has 0 aromatic carbocycles. The number of aryl methyl sites for hydroxylation is 2. The lowest BCUT2D eigenvalue weighted by Gasteiger charge is -2.52. The molecule has 0 spiro atoms. The first-order chi connectivity index (χ1) is 12.2. The second-order valence-corrected chi connectivity index (χ2v) is 8.34. The van der Waals surface area contributed by atoms with Crippen LogP contribution in [0, 0.1) is 18.3 Å². The summed E-state index contributed by atoms with van der Waals surface area (Å²) < 4.78 is 7.20. The number of aromatic nitrogens is 4. The summed E-state index contributed by atoms with van der Waals surface area (Å²) in [5.74, 6) is 1.26. The van der Waals surface area contributed by atoms with E-state index in [2.05, 4.69) is 17.1 Å². The SMILES string of the molecule is Cc1noc(-c2c3c(nn2C)C2(C)C/C(=C/O)C(=O)C(C)(C)[C@@H]2CC3)n1. The van der Waals surface area contributed by atoms with Crippen LogP contribution < -0.4 is 0 Å². The van der Waals surface area contributed by atoms with E-state index in [1.165, 1.54) is 0 Å². The van der Waals surface area contributed by atoms with Crippen molar-refractivity contribution in [2.75, 3.05) is 0 Å². The summed E-state index contributed by atoms with van der Waals surface area (Å²) in [4.78, 5) is 17.2. The standard InChI is InChI=1S/C19H24N4O3/c1-10-20-17(26-22-10)14-12-6-7-13-18(2,3)16(25)11(9-24)8-19(13,4)15(12)21-23(14)5/h9,13,24H,6-8H2,1-5H3/b11-9-/t13-,19?/m0/s1. The third-order valence-electron chi connectivity index (χ3n) is 6.33. The quantitative estimate of drug-likeness (QED) is 0.623. The highest BCUT2D eigenvalue weighted by molar-refractivity contribution is 6.01. The van der Waals surface area contributed by atoms with Crippen molar-refractivity contribution in [1.82, 2.24) is 19.9 Å². The van der Waals surface area contributed by atoms with Crippen LogP contribution >= 0.6 is 0 Å². The summed E-state index contributed by atoms with van der Waals surface area (Å²) in [6.45, 7) is 7.91. The molecule has 1 N–H and O–H groups in total. The number of Topliss-reactive ketones (excluding diaryl/α,β-unsaturated/α-hetero) is 1. The molecule has 2 aromatic heterocycles. The third kappa shape index (κ3) is 2.06. The van der Waals surface area contributed by atoms with Gasteiger partial charge in [-0.1, -0.05) is 25.9 Å². The van der Waals surface area contributed by atoms with Gasteiger partial charge in [0.2, 0.25) is 0 Å². The number of aliphatic hydroxyl groups excluding tert-OH is 1. The van der Waals surface area contributed by atoms with Gasteiger partial charge in [0.05, 0.1) is 12.0 Å². The van der Waals surface area contributed by atoms with Crippen LogP contribution in [0.2, 0.25) is 0 Å². The second-order valence-electron chi connectivity index (χ2n) is 8.34. The molecule has 0 radical (unpaired) electrons. The molecule has 26 heavy (non-hydrogen) atoms. The lowest BCUT2D eigenvalue weighted by atomic mass is 9.50. The van der Waals surface area contributed by atoms with Gasteiger partial charge in [-0.3, -0.25) is 9.48 Å². The molecular weight excluding hydrogens is 332 g/mol. The molecular formula is C19H24N4O3. The smallest absolute Gasteiger partial charge is 0.276 e. The molecule has 2 aromatic rings. The molecule has 2 atom stereocenters. The van der Waals surface area contributed by atoms with Crippen LogP contribution in [0.3, 0.4) is 0 Å². The van der Waals surface area contributed by atoms with Gasteiger partial charge in [-0.25, -0.2) is 0 Å². The number of allylic oxidation sites excluding steroid dienone is 1. The van der Waals surface area contributed by atoms with Crippen LogP contribution in [-0.2, 0) is 23.7 Å². The molecule has 0 amide bonds. The van der Waals surface area contributed by atoms with E-state index in [1.807, 2.05) is 20.9 Å². The van der Waals surface area contributed by atoms with E-state index in [-0.39, 0.29) is 17.1 Å². The van der Waals surface area contributed by atoms with E-state index in [0.29, 0.717) is 23.7 Å². The second kappa shape index (κ2) is 5.28. The largest absolute Gasteiger partial charge is 0.515 e. The van der Waals surface area contributed by atoms with E-state index in [1.54, 1.807) is 11.6 Å². The van der Waals surface area contributed by atoms with Gasteiger partial charge in [0, 0.05) is 29.0 Å². The van der Waals surface area contributed by atoms with E-state index in [9.17, 15) is 9.90 Å². The predicted molar refractivity (Wildman–Crippen MR) is 94.5 cm³/mol. The molecule has 0 bridgehead atoms. The summed E-state index contributed by atoms with van der Waals surface area (Å²) in [5.41, 5.74) is 2.54. The van der Waals surface area contributed by atoms with Crippen molar-refractivity contribution in [2.45, 2.75) is 52.4 Å². The lowest BCUT2D eigenvalue weighted by Crippen LogP contribution is -2.53. The molecule has 0 saturated heterocycles. The summed E-state index contributed by atoms with van der Waals surface area (Å²) in [6.07, 6.45) is 3.16. The summed E-state index contributed by atoms with van der Waals surface area (Å²) >= 11 is 0. The van der Waals surface area contributed by atoms with Crippen LogP contribution in [0.4, 0.5) is 0 Å². The zero-order valence-corrected chi connectivity index (χ0v) is 15.8. The highest BCUT2D eigenvalue weighted by atomic mass is 16.5. The minimum atomic E-state index is -0.544. The van der Waals surface area contributed by atoms with Gasteiger partial charge in [-0.2, -0.15) is 10.1 Å². The Morgan fingerprint density at radius 2 is 2.08 bits per heavy atom. The van der Waals surface area contributed by atoms with E-state index >= 15 is 0 Å². The van der Waals surface area contributed by atoms with Crippen LogP contribution in [0.5, 0.6) is 0 Å². The highest BCUT2D eigenvalue weighted by Crippen LogP contribution is 2.57. The van der Waals surface area contributed by atoms with Crippen LogP contribution in [0.15, 0.2) is 16.4 Å². The van der Waals surface area contributed by atoms with Gasteiger partial charge in [0.25, 0.3) is 5.89 Å². The van der Waals surface area contributed by atoms with Crippen LogP contribution in [0.25, 0.3) is 11.6 Å². The number of aliphatic hydroxyl groups is 1. The normalized spacial score (nSPS) is 28.9. The van der Waals surface area contributed by atoms with Gasteiger partial charge >= 0.3 is 0 Å². The highest BCUT2D eigenvalue weighted by Gasteiger charge is 2.57. The Hall–Kier alpha value is -2.44. The van der Waals surface area contributed by atoms with Gasteiger partial charge < -0.3 is 9.63 Å². The molecule has 7 nitrogen and oxygen atoms in total. The fourth-order valence-electron chi connectivity index (χ4n) is 5.21. The molecule has 2 heterocycles. The molecule has 1 unspecified atom stereocenters. The molecule has 0 aliphatic heterocycles. The number of hydrogen-bond donors (Lipinski definition) is 1. The molecule has 2 aliphatic carbocycles. The van der Waals surface area contributed by atoms with Crippen LogP contribution in [-0.4, -0.2) is 30.8 Å². The Kier molecular flexibility index (Phi) is 3.45. The van der Waals surface area contributed by atoms with Gasteiger partial charge in [-0.05, 0) is 32.1 Å². The van der Waals surface area contributed by atoms with Crippen LogP contribution in [0.1, 0.15) is 50.7 Å². The Morgan fingerprint density at radius 1 is 1.35 bits per heavy atom. The topological polar surface area (TPSA) is 94.0 Å². The Bertz CT molecular complexity index is 937. The maximum Gasteiger partial charge on any atom is 0.276 e. The van der Waals surface area contributed by atoms with Crippen molar-refractivity contribution in [2.24, 2.45) is 18.4 Å². The fraction of sp³-hybridized carbons (Fsp3) is 0.579. The van der Waals surface area contributed by atoms with Gasteiger partial charge in [0.1, 0.15) is 5.69 Å². The van der Waals surface area contributed by atoms with E-state index < -0.39 is 5.41 Å². The number of fused-ring (bicyclic) bond motifs is 3. The van der Waals surface area contributed by atoms with Gasteiger partial charge in [0.15, 0.2) is 11.6 Å². The minimum Gasteiger partial charge on any atom is -0.515 e. The number of ketones is 1. The lowest BCUT2D eigenvalue weighted by molar-refractivity contribution is -0.131. The number of carbonyl (C=O) groups excluding carboxylic acids is 1. The first-order valence-corrected chi connectivity index (χ1v) is 8.95. The molecule has 1 saturated carbocycles. The molecule has 2 aliphatic rings. The van der Waals surface area contributed by atoms with Crippen molar-refractivity contribution >= 4 is 5.78 Å². The first kappa shape index (κ1) is 17.0. The Morgan fingerprint density at radius 3 is 2.69 bits per heavy atom. The number of rotatable bonds is 1. The third-order valence-corrected chi connectivity index (χ3v) is 6.33. The van der Waals surface area contributed by atoms with Crippen molar-refractivity contribution in [3.05, 3.63) is 28.9 Å². The monoisotopic (exact) mass is 356 g/mol. The van der Waals surface area contributed by atoms with Crippen molar-refractivity contribution < 1.29 is 14.4 Å². The molecule has 1 fully saturated rings. The molecule has 7 heteroatoms. The number of nitrogens with zero attached hydrogens (tertiary/aromatic N) is 4. The molecule has 4 rings (SSSR count). The van der Waals surface area contributed by atoms with Gasteiger partial charge in [-0.15, -0.1) is 0 Å². The fourth-order valence-corrected chi connectivity index (χ4v) is 5.21. The first-order valence-electron chi connectivity index (χ1n) is 8.95. The maximum atomic E-state index is 12.8. The average molecular weight is 356 g/mol. The number of hydrogen-bond acceptors (Lipinski definition) is 6. The molecule has 138 valence electrons. The predicted octanol–water partition coefficient (Wildman–Crippen LogP) is 3.04. The average Bonchev–Trinajstić information content (AvgIpc) is 3.14. The maximum absolute atomic E-state index is 12.8. The van der Waals surface area contributed by atoms with E-state index in [4.69, 9.17) is 9.62 Å². The minimum absolute atomic E-state index is 0.0367. The van der Waals surface area contributed by atoms with Crippen molar-refractivity contribution in [1.29, 1.82) is 0 Å². The zero-order valence-electron chi connectivity index (χ0n) is 15.8. The van der Waals surface area contributed by atoms with Crippen molar-refractivity contribution in [3.8, 4) is 11.6 Å². The Labute approximate surface area is 152 Å². The summed E-state index contributed by atoms with van der Waals surface area (Å²) in [5, 5.41) is 18.4. The Balaban J connectivity index is 1.91. The summed E-state index contributed by atoms with van der Waals surface area (Å²) in [7, 11) is 1.88. The summed E-state index contributed by atoms with van der Waals surface area (Å²) in [6, 6.07) is 0.